The standard InChI is InChI=1S/C13H22N4O3/c1-11-9-12(18)17(20-11)13(19)10-15(2)7-8-16-5-3-14-4-6-16/h9,14H,3-8,10H2,1-2H3. The van der Waals surface area contributed by atoms with Crippen LogP contribution in [0.5, 0.6) is 0 Å². The van der Waals surface area contributed by atoms with Crippen LogP contribution in [-0.2, 0) is 0 Å². The number of likely N-dealkylation sites (N-methyl/N-ethyl adjacent to an activating group) is 1. The minimum Gasteiger partial charge on any atom is -0.373 e. The van der Waals surface area contributed by atoms with Crippen LogP contribution in [0.15, 0.2) is 15.4 Å². The first kappa shape index (κ1) is 15.0. The van der Waals surface area contributed by atoms with E-state index in [9.17, 15) is 9.59 Å². The van der Waals surface area contributed by atoms with E-state index < -0.39 is 5.56 Å². The topological polar surface area (TPSA) is 70.7 Å². The van der Waals surface area contributed by atoms with Crippen molar-refractivity contribution in [3.63, 3.8) is 0 Å². The normalized spacial score (nSPS) is 16.8. The maximum Gasteiger partial charge on any atom is 0.290 e. The Morgan fingerprint density at radius 3 is 2.75 bits per heavy atom. The second-order valence-corrected chi connectivity index (χ2v) is 5.20. The Bertz CT molecular complexity index is 502. The Morgan fingerprint density at radius 1 is 1.45 bits per heavy atom. The number of hydrogen-bond donors (Lipinski definition) is 1. The summed E-state index contributed by atoms with van der Waals surface area (Å²) in [6.45, 7) is 7.67. The number of aryl methyl sites for hydroxylation is 1. The van der Waals surface area contributed by atoms with Crippen molar-refractivity contribution in [2.75, 3.05) is 52.9 Å². The third kappa shape index (κ3) is 4.03. The van der Waals surface area contributed by atoms with Gasteiger partial charge in [0.1, 0.15) is 5.76 Å². The van der Waals surface area contributed by atoms with Crippen molar-refractivity contribution in [1.82, 2.24) is 19.9 Å². The molecule has 20 heavy (non-hydrogen) atoms. The lowest BCUT2D eigenvalue weighted by atomic mass is 10.3. The number of carbonyl (C=O) groups excluding carboxylic acids is 1. The van der Waals surface area contributed by atoms with Crippen LogP contribution >= 0.6 is 0 Å². The van der Waals surface area contributed by atoms with Crippen LogP contribution in [0.1, 0.15) is 10.6 Å². The highest BCUT2D eigenvalue weighted by Crippen LogP contribution is 1.96. The van der Waals surface area contributed by atoms with Gasteiger partial charge >= 0.3 is 0 Å². The predicted octanol–water partition coefficient (Wildman–Crippen LogP) is -0.773. The highest BCUT2D eigenvalue weighted by Gasteiger charge is 2.15. The van der Waals surface area contributed by atoms with Crippen molar-refractivity contribution < 1.29 is 9.32 Å². The molecule has 1 aromatic heterocycles. The van der Waals surface area contributed by atoms with Gasteiger partial charge in [-0.25, -0.2) is 0 Å². The van der Waals surface area contributed by atoms with E-state index in [4.69, 9.17) is 4.52 Å². The van der Waals surface area contributed by atoms with Crippen LogP contribution in [0.4, 0.5) is 0 Å². The van der Waals surface area contributed by atoms with Crippen molar-refractivity contribution in [2.45, 2.75) is 6.92 Å². The molecule has 0 unspecified atom stereocenters. The fourth-order valence-corrected chi connectivity index (χ4v) is 2.24. The van der Waals surface area contributed by atoms with Gasteiger partial charge < -0.3 is 9.84 Å². The minimum absolute atomic E-state index is 0.180. The molecule has 0 aliphatic carbocycles. The zero-order valence-electron chi connectivity index (χ0n) is 12.1. The smallest absolute Gasteiger partial charge is 0.290 e. The van der Waals surface area contributed by atoms with Crippen LogP contribution < -0.4 is 10.9 Å². The maximum absolute atomic E-state index is 11.9. The van der Waals surface area contributed by atoms with E-state index >= 15 is 0 Å². The first-order valence-corrected chi connectivity index (χ1v) is 6.91. The van der Waals surface area contributed by atoms with E-state index in [1.54, 1.807) is 6.92 Å². The molecule has 0 aromatic carbocycles. The Kier molecular flexibility index (Phi) is 5.11. The summed E-state index contributed by atoms with van der Waals surface area (Å²) < 4.78 is 5.91. The summed E-state index contributed by atoms with van der Waals surface area (Å²) in [5.74, 6) is 0.123. The van der Waals surface area contributed by atoms with Crippen LogP contribution in [0.3, 0.4) is 0 Å². The lowest BCUT2D eigenvalue weighted by Crippen LogP contribution is -2.46. The summed E-state index contributed by atoms with van der Waals surface area (Å²) in [5.41, 5.74) is -0.400. The monoisotopic (exact) mass is 282 g/mol. The van der Waals surface area contributed by atoms with Crippen LogP contribution in [-0.4, -0.2) is 73.3 Å². The lowest BCUT2D eigenvalue weighted by Gasteiger charge is -2.28. The zero-order valence-corrected chi connectivity index (χ0v) is 12.1. The summed E-state index contributed by atoms with van der Waals surface area (Å²) >= 11 is 0. The van der Waals surface area contributed by atoms with E-state index in [0.717, 1.165) is 44.0 Å². The van der Waals surface area contributed by atoms with Crippen molar-refractivity contribution in [1.29, 1.82) is 0 Å². The summed E-state index contributed by atoms with van der Waals surface area (Å²) in [7, 11) is 1.88. The molecule has 1 N–H and O–H groups in total. The third-order valence-electron chi connectivity index (χ3n) is 3.40. The highest BCUT2D eigenvalue weighted by atomic mass is 16.5. The SMILES string of the molecule is Cc1cc(=O)n(C(=O)CN(C)CCN2CCNCC2)o1. The Labute approximate surface area is 118 Å². The van der Waals surface area contributed by atoms with Gasteiger partial charge in [0, 0.05) is 45.3 Å². The van der Waals surface area contributed by atoms with Crippen molar-refractivity contribution in [3.8, 4) is 0 Å². The predicted molar refractivity (Wildman–Crippen MR) is 75.1 cm³/mol. The minimum atomic E-state index is -0.400. The molecule has 2 heterocycles. The molecule has 2 rings (SSSR count). The summed E-state index contributed by atoms with van der Waals surface area (Å²) in [6, 6.07) is 1.32. The van der Waals surface area contributed by atoms with E-state index in [1.807, 2.05) is 11.9 Å². The fraction of sp³-hybridized carbons (Fsp3) is 0.692. The Hall–Kier alpha value is -1.44. The van der Waals surface area contributed by atoms with Gasteiger partial charge in [0.25, 0.3) is 11.5 Å². The second kappa shape index (κ2) is 6.83. The molecule has 7 nitrogen and oxygen atoms in total. The number of aromatic nitrogens is 1. The molecule has 0 bridgehead atoms. The molecule has 0 amide bonds. The van der Waals surface area contributed by atoms with Gasteiger partial charge in [-0.2, -0.15) is 0 Å². The van der Waals surface area contributed by atoms with Crippen molar-refractivity contribution in [3.05, 3.63) is 22.2 Å². The van der Waals surface area contributed by atoms with Crippen LogP contribution in [0.2, 0.25) is 0 Å². The maximum atomic E-state index is 11.9. The molecule has 1 aliphatic heterocycles. The van der Waals surface area contributed by atoms with Crippen molar-refractivity contribution >= 4 is 5.91 Å². The van der Waals surface area contributed by atoms with Gasteiger partial charge in [0.2, 0.25) is 0 Å². The summed E-state index contributed by atoms with van der Waals surface area (Å²) in [5, 5.41) is 3.30. The van der Waals surface area contributed by atoms with Gasteiger partial charge in [-0.3, -0.25) is 19.4 Å². The van der Waals surface area contributed by atoms with Crippen LogP contribution in [0, 0.1) is 6.92 Å². The van der Waals surface area contributed by atoms with E-state index in [1.165, 1.54) is 6.07 Å². The van der Waals surface area contributed by atoms with Gasteiger partial charge in [-0.1, -0.05) is 0 Å². The van der Waals surface area contributed by atoms with Crippen LogP contribution in [0.25, 0.3) is 0 Å². The molecule has 1 saturated heterocycles. The highest BCUT2D eigenvalue weighted by molar-refractivity contribution is 5.79. The Balaban J connectivity index is 1.78. The Morgan fingerprint density at radius 2 is 2.15 bits per heavy atom. The lowest BCUT2D eigenvalue weighted by molar-refractivity contribution is 0.0723. The number of nitrogens with one attached hydrogen (secondary N) is 1. The van der Waals surface area contributed by atoms with Gasteiger partial charge in [-0.05, 0) is 14.0 Å². The quantitative estimate of drug-likeness (QED) is 0.764. The van der Waals surface area contributed by atoms with E-state index in [2.05, 4.69) is 10.2 Å². The average Bonchev–Trinajstić information content (AvgIpc) is 2.77. The molecule has 0 atom stereocenters. The van der Waals surface area contributed by atoms with Gasteiger partial charge in [-0.15, -0.1) is 4.74 Å². The molecule has 0 radical (unpaired) electrons. The molecular weight excluding hydrogens is 260 g/mol. The van der Waals surface area contributed by atoms with Crippen molar-refractivity contribution in [2.24, 2.45) is 0 Å². The molecule has 1 aromatic rings. The fourth-order valence-electron chi connectivity index (χ4n) is 2.24. The number of nitrogens with zero attached hydrogens (tertiary/aromatic N) is 3. The first-order chi connectivity index (χ1) is 9.56. The molecule has 0 saturated carbocycles. The molecule has 112 valence electrons. The number of rotatable bonds is 5. The van der Waals surface area contributed by atoms with E-state index in [-0.39, 0.29) is 12.5 Å². The zero-order chi connectivity index (χ0) is 14.5. The number of hydrogen-bond acceptors (Lipinski definition) is 6. The number of carbonyl (C=O) groups is 1. The summed E-state index contributed by atoms with van der Waals surface area (Å²) in [6.07, 6.45) is 0. The first-order valence-electron chi connectivity index (χ1n) is 6.91. The summed E-state index contributed by atoms with van der Waals surface area (Å²) in [4.78, 5) is 27.7. The van der Waals surface area contributed by atoms with Gasteiger partial charge in [0.15, 0.2) is 0 Å². The molecular formula is C13H22N4O3. The van der Waals surface area contributed by atoms with E-state index in [0.29, 0.717) is 5.76 Å². The number of piperazine rings is 1. The molecule has 0 spiro atoms. The second-order valence-electron chi connectivity index (χ2n) is 5.20. The molecule has 1 fully saturated rings. The third-order valence-corrected chi connectivity index (χ3v) is 3.40. The molecule has 1 aliphatic rings. The van der Waals surface area contributed by atoms with Gasteiger partial charge in [0.05, 0.1) is 6.54 Å². The molecule has 7 heteroatoms. The average molecular weight is 282 g/mol. The largest absolute Gasteiger partial charge is 0.373 e.